The lowest BCUT2D eigenvalue weighted by Crippen LogP contribution is -1.98. The Morgan fingerprint density at radius 1 is 1.30 bits per heavy atom. The van der Waals surface area contributed by atoms with Gasteiger partial charge in [-0.15, -0.1) is 11.8 Å². The van der Waals surface area contributed by atoms with Crippen LogP contribution in [0.3, 0.4) is 0 Å². The molecule has 0 radical (unpaired) electrons. The molecule has 54 valence electrons. The van der Waals surface area contributed by atoms with Crippen molar-refractivity contribution in [1.29, 1.82) is 0 Å². The highest BCUT2D eigenvalue weighted by Gasteiger charge is 2.48. The van der Waals surface area contributed by atoms with Crippen LogP contribution >= 0.6 is 0 Å². The molecule has 0 aliphatic heterocycles. The summed E-state index contributed by atoms with van der Waals surface area (Å²) in [5.74, 6) is 7.46. The summed E-state index contributed by atoms with van der Waals surface area (Å²) >= 11 is 0. The largest absolute Gasteiger partial charge is 0.103 e. The van der Waals surface area contributed by atoms with Gasteiger partial charge in [0.05, 0.1) is 0 Å². The SMILES string of the molecule is C[C@@]12CCC#CCC[C@@H]1C2. The van der Waals surface area contributed by atoms with Crippen molar-refractivity contribution in [2.45, 2.75) is 39.0 Å². The van der Waals surface area contributed by atoms with Crippen molar-refractivity contribution in [2.75, 3.05) is 0 Å². The zero-order valence-electron chi connectivity index (χ0n) is 6.61. The lowest BCUT2D eigenvalue weighted by atomic mass is 9.96. The first-order chi connectivity index (χ1) is 4.81. The van der Waals surface area contributed by atoms with Crippen LogP contribution in [0.15, 0.2) is 0 Å². The van der Waals surface area contributed by atoms with Gasteiger partial charge in [0, 0.05) is 12.8 Å². The van der Waals surface area contributed by atoms with Crippen molar-refractivity contribution in [3.8, 4) is 11.8 Å². The quantitative estimate of drug-likeness (QED) is 0.447. The van der Waals surface area contributed by atoms with Crippen LogP contribution in [-0.2, 0) is 0 Å². The minimum atomic E-state index is 0.717. The summed E-state index contributed by atoms with van der Waals surface area (Å²) in [5.41, 5.74) is 0.717. The molecule has 1 saturated carbocycles. The Bertz CT molecular complexity index is 194. The van der Waals surface area contributed by atoms with E-state index >= 15 is 0 Å². The van der Waals surface area contributed by atoms with Crippen molar-refractivity contribution >= 4 is 0 Å². The number of hydrogen-bond donors (Lipinski definition) is 0. The van der Waals surface area contributed by atoms with Crippen LogP contribution in [0.5, 0.6) is 0 Å². The van der Waals surface area contributed by atoms with Crippen LogP contribution in [0.4, 0.5) is 0 Å². The smallest absolute Gasteiger partial charge is 0.00939 e. The molecule has 0 heteroatoms. The first kappa shape index (κ1) is 6.28. The lowest BCUT2D eigenvalue weighted by Gasteiger charge is -2.08. The molecule has 0 unspecified atom stereocenters. The molecule has 0 saturated heterocycles. The van der Waals surface area contributed by atoms with E-state index in [1.54, 1.807) is 0 Å². The van der Waals surface area contributed by atoms with Gasteiger partial charge in [-0.05, 0) is 30.6 Å². The zero-order chi connectivity index (χ0) is 7.03. The Hall–Kier alpha value is -0.440. The van der Waals surface area contributed by atoms with Gasteiger partial charge < -0.3 is 0 Å². The molecule has 0 heterocycles. The van der Waals surface area contributed by atoms with Gasteiger partial charge in [0.25, 0.3) is 0 Å². The Kier molecular flexibility index (Phi) is 1.27. The summed E-state index contributed by atoms with van der Waals surface area (Å²) < 4.78 is 0. The van der Waals surface area contributed by atoms with Gasteiger partial charge in [-0.25, -0.2) is 0 Å². The maximum atomic E-state index is 3.22. The van der Waals surface area contributed by atoms with E-state index in [0.717, 1.165) is 24.2 Å². The highest BCUT2D eigenvalue weighted by atomic mass is 14.5. The Morgan fingerprint density at radius 3 is 3.00 bits per heavy atom. The van der Waals surface area contributed by atoms with Gasteiger partial charge in [0.15, 0.2) is 0 Å². The summed E-state index contributed by atoms with van der Waals surface area (Å²) in [4.78, 5) is 0. The van der Waals surface area contributed by atoms with Gasteiger partial charge in [0.1, 0.15) is 0 Å². The number of hydrogen-bond acceptors (Lipinski definition) is 0. The van der Waals surface area contributed by atoms with E-state index in [-0.39, 0.29) is 0 Å². The fourth-order valence-electron chi connectivity index (χ4n) is 2.03. The molecular weight excluding hydrogens is 120 g/mol. The molecule has 0 aromatic rings. The molecule has 0 nitrogen and oxygen atoms in total. The molecule has 0 aromatic carbocycles. The fourth-order valence-corrected chi connectivity index (χ4v) is 2.03. The van der Waals surface area contributed by atoms with E-state index in [0.29, 0.717) is 0 Å². The molecule has 2 rings (SSSR count). The van der Waals surface area contributed by atoms with Crippen molar-refractivity contribution in [2.24, 2.45) is 11.3 Å². The van der Waals surface area contributed by atoms with E-state index in [1.807, 2.05) is 0 Å². The van der Waals surface area contributed by atoms with Crippen LogP contribution < -0.4 is 0 Å². The third-order valence-electron chi connectivity index (χ3n) is 3.10. The Balaban J connectivity index is 2.04. The molecule has 2 atom stereocenters. The standard InChI is InChI=1S/C10H14/c1-10-7-5-3-2-4-6-9(10)8-10/h9H,4-8H2,1H3/t9-,10+/m1/s1. The van der Waals surface area contributed by atoms with Gasteiger partial charge >= 0.3 is 0 Å². The molecule has 2 aliphatic rings. The fraction of sp³-hybridized carbons (Fsp3) is 0.800. The van der Waals surface area contributed by atoms with Crippen LogP contribution in [0.25, 0.3) is 0 Å². The third kappa shape index (κ3) is 0.944. The third-order valence-corrected chi connectivity index (χ3v) is 3.10. The monoisotopic (exact) mass is 134 g/mol. The topological polar surface area (TPSA) is 0 Å². The Morgan fingerprint density at radius 2 is 2.10 bits per heavy atom. The van der Waals surface area contributed by atoms with Gasteiger partial charge in [0.2, 0.25) is 0 Å². The number of rotatable bonds is 0. The van der Waals surface area contributed by atoms with E-state index in [1.165, 1.54) is 19.3 Å². The maximum Gasteiger partial charge on any atom is 0.00939 e. The van der Waals surface area contributed by atoms with E-state index < -0.39 is 0 Å². The minimum Gasteiger partial charge on any atom is -0.103 e. The van der Waals surface area contributed by atoms with Crippen LogP contribution in [0.2, 0.25) is 0 Å². The van der Waals surface area contributed by atoms with Crippen molar-refractivity contribution in [3.05, 3.63) is 0 Å². The molecule has 0 N–H and O–H groups in total. The average molecular weight is 134 g/mol. The van der Waals surface area contributed by atoms with Crippen LogP contribution in [0.1, 0.15) is 39.0 Å². The average Bonchev–Trinajstić information content (AvgIpc) is 2.44. The molecule has 2 aliphatic carbocycles. The van der Waals surface area contributed by atoms with E-state index in [9.17, 15) is 0 Å². The highest BCUT2D eigenvalue weighted by Crippen LogP contribution is 2.57. The van der Waals surface area contributed by atoms with Crippen LogP contribution in [0, 0.1) is 23.2 Å². The van der Waals surface area contributed by atoms with E-state index in [2.05, 4.69) is 18.8 Å². The number of fused-ring (bicyclic) bond motifs is 1. The van der Waals surface area contributed by atoms with Crippen LogP contribution in [-0.4, -0.2) is 0 Å². The second-order valence-corrected chi connectivity index (χ2v) is 3.95. The normalized spacial score (nSPS) is 43.9. The second kappa shape index (κ2) is 2.02. The summed E-state index contributed by atoms with van der Waals surface area (Å²) in [6, 6.07) is 0. The summed E-state index contributed by atoms with van der Waals surface area (Å²) in [5, 5.41) is 0. The summed E-state index contributed by atoms with van der Waals surface area (Å²) in [6.45, 7) is 2.42. The lowest BCUT2D eigenvalue weighted by molar-refractivity contribution is 0.453. The molecule has 0 spiro atoms. The van der Waals surface area contributed by atoms with E-state index in [4.69, 9.17) is 0 Å². The second-order valence-electron chi connectivity index (χ2n) is 3.95. The van der Waals surface area contributed by atoms with Crippen molar-refractivity contribution in [1.82, 2.24) is 0 Å². The summed E-state index contributed by atoms with van der Waals surface area (Å²) in [7, 11) is 0. The molecule has 0 amide bonds. The molecule has 0 bridgehead atoms. The molecule has 0 aromatic heterocycles. The van der Waals surface area contributed by atoms with Crippen molar-refractivity contribution < 1.29 is 0 Å². The van der Waals surface area contributed by atoms with Crippen molar-refractivity contribution in [3.63, 3.8) is 0 Å². The summed E-state index contributed by atoms with van der Waals surface area (Å²) in [6.07, 6.45) is 6.48. The molecule has 1 fully saturated rings. The van der Waals surface area contributed by atoms with Gasteiger partial charge in [-0.1, -0.05) is 6.92 Å². The Labute approximate surface area is 63.0 Å². The first-order valence-corrected chi connectivity index (χ1v) is 4.27. The minimum absolute atomic E-state index is 0.717. The molecular formula is C10H14. The maximum absolute atomic E-state index is 3.22. The predicted octanol–water partition coefficient (Wildman–Crippen LogP) is 2.59. The molecule has 10 heavy (non-hydrogen) atoms. The highest BCUT2D eigenvalue weighted by molar-refractivity contribution is 5.08. The zero-order valence-corrected chi connectivity index (χ0v) is 6.61. The van der Waals surface area contributed by atoms with Gasteiger partial charge in [-0.3, -0.25) is 0 Å². The predicted molar refractivity (Wildman–Crippen MR) is 42.5 cm³/mol. The first-order valence-electron chi connectivity index (χ1n) is 4.27. The van der Waals surface area contributed by atoms with Gasteiger partial charge in [-0.2, -0.15) is 0 Å².